The Hall–Kier alpha value is -4.21. The number of para-hydroxylation sites is 1. The summed E-state index contributed by atoms with van der Waals surface area (Å²) < 4.78 is 17.0. The highest BCUT2D eigenvalue weighted by molar-refractivity contribution is 6.32. The number of aromatic amines is 1. The topological polar surface area (TPSA) is 70.3 Å². The third-order valence-corrected chi connectivity index (χ3v) is 6.21. The van der Waals surface area contributed by atoms with Crippen LogP contribution < -0.4 is 0 Å². The minimum atomic E-state index is -0.349. The molecule has 0 amide bonds. The molecule has 158 valence electrons. The van der Waals surface area contributed by atoms with E-state index in [1.165, 1.54) is 6.07 Å². The molecule has 3 heterocycles. The maximum Gasteiger partial charge on any atom is 0.133 e. The third-order valence-electron chi connectivity index (χ3n) is 5.91. The van der Waals surface area contributed by atoms with Crippen LogP contribution in [-0.4, -0.2) is 19.5 Å². The molecule has 5 nitrogen and oxygen atoms in total. The summed E-state index contributed by atoms with van der Waals surface area (Å²) in [5.74, 6) is -0.349. The van der Waals surface area contributed by atoms with E-state index >= 15 is 4.39 Å². The van der Waals surface area contributed by atoms with Crippen LogP contribution in [0.15, 0.2) is 73.3 Å². The average molecular weight is 452 g/mol. The molecule has 0 saturated carbocycles. The van der Waals surface area contributed by atoms with E-state index in [1.54, 1.807) is 18.6 Å². The van der Waals surface area contributed by atoms with Crippen LogP contribution in [0.3, 0.4) is 0 Å². The van der Waals surface area contributed by atoms with Crippen LogP contribution in [0.1, 0.15) is 5.56 Å². The quantitative estimate of drug-likeness (QED) is 0.330. The van der Waals surface area contributed by atoms with E-state index in [2.05, 4.69) is 21.0 Å². The van der Waals surface area contributed by atoms with Gasteiger partial charge in [0.15, 0.2) is 0 Å². The van der Waals surface area contributed by atoms with Crippen LogP contribution in [0.5, 0.6) is 0 Å². The molecule has 0 aliphatic heterocycles. The predicted molar refractivity (Wildman–Crippen MR) is 128 cm³/mol. The summed E-state index contributed by atoms with van der Waals surface area (Å²) in [4.78, 5) is 12.1. The molecule has 0 spiro atoms. The number of nitrogens with one attached hydrogen (secondary N) is 1. The van der Waals surface area contributed by atoms with Crippen molar-refractivity contribution in [2.45, 2.75) is 6.42 Å². The molecule has 33 heavy (non-hydrogen) atoms. The molecule has 0 radical (unpaired) electrons. The maximum absolute atomic E-state index is 15.2. The standard InChI is InChI=1S/C26H15ClFN5/c27-20-3-1-2-15(6-8-29)25(20)33-14-32-24-13-31-23-12-21(28)18(11-19(23)26(24)33)16-4-5-22-17(10-16)7-9-30-22/h1-5,7,9-14,30H,6H2. The Labute approximate surface area is 192 Å². The Bertz CT molecular complexity index is 1740. The van der Waals surface area contributed by atoms with Crippen molar-refractivity contribution in [1.29, 1.82) is 5.26 Å². The van der Waals surface area contributed by atoms with Gasteiger partial charge in [-0.05, 0) is 46.8 Å². The number of hydrogen-bond donors (Lipinski definition) is 1. The fraction of sp³-hybridized carbons (Fsp3) is 0.0385. The van der Waals surface area contributed by atoms with E-state index in [0.717, 1.165) is 32.9 Å². The number of nitrogens with zero attached hydrogens (tertiary/aromatic N) is 4. The summed E-state index contributed by atoms with van der Waals surface area (Å²) in [7, 11) is 0. The third kappa shape index (κ3) is 3.05. The lowest BCUT2D eigenvalue weighted by atomic mass is 10.0. The van der Waals surface area contributed by atoms with Gasteiger partial charge in [0.25, 0.3) is 0 Å². The van der Waals surface area contributed by atoms with E-state index in [4.69, 9.17) is 11.6 Å². The molecular formula is C26H15ClFN5. The molecule has 6 aromatic rings. The van der Waals surface area contributed by atoms with E-state index in [-0.39, 0.29) is 12.2 Å². The van der Waals surface area contributed by atoms with Crippen LogP contribution in [0, 0.1) is 17.1 Å². The highest BCUT2D eigenvalue weighted by Gasteiger charge is 2.17. The average Bonchev–Trinajstić information content (AvgIpc) is 3.45. The van der Waals surface area contributed by atoms with Crippen LogP contribution in [-0.2, 0) is 6.42 Å². The summed E-state index contributed by atoms with van der Waals surface area (Å²) in [6.45, 7) is 0. The summed E-state index contributed by atoms with van der Waals surface area (Å²) in [6, 6.07) is 18.7. The van der Waals surface area contributed by atoms with Crippen LogP contribution in [0.4, 0.5) is 4.39 Å². The second kappa shape index (κ2) is 7.44. The fourth-order valence-corrected chi connectivity index (χ4v) is 4.67. The van der Waals surface area contributed by atoms with Crippen molar-refractivity contribution in [3.8, 4) is 22.9 Å². The molecule has 0 atom stereocenters. The minimum absolute atomic E-state index is 0.204. The lowest BCUT2D eigenvalue weighted by Crippen LogP contribution is -2.00. The van der Waals surface area contributed by atoms with Gasteiger partial charge in [0.1, 0.15) is 17.7 Å². The molecular weight excluding hydrogens is 437 g/mol. The van der Waals surface area contributed by atoms with Gasteiger partial charge < -0.3 is 4.98 Å². The lowest BCUT2D eigenvalue weighted by Gasteiger charge is -2.13. The molecule has 3 aromatic carbocycles. The zero-order valence-corrected chi connectivity index (χ0v) is 17.9. The van der Waals surface area contributed by atoms with Crippen molar-refractivity contribution in [2.75, 3.05) is 0 Å². The molecule has 1 N–H and O–H groups in total. The Morgan fingerprint density at radius 2 is 1.97 bits per heavy atom. The van der Waals surface area contributed by atoms with Crippen molar-refractivity contribution >= 4 is 44.4 Å². The normalized spacial score (nSPS) is 11.4. The Morgan fingerprint density at radius 3 is 2.85 bits per heavy atom. The summed E-state index contributed by atoms with van der Waals surface area (Å²) >= 11 is 6.57. The highest BCUT2D eigenvalue weighted by Crippen LogP contribution is 2.35. The Balaban J connectivity index is 1.66. The van der Waals surface area contributed by atoms with Crippen LogP contribution >= 0.6 is 11.6 Å². The zero-order valence-electron chi connectivity index (χ0n) is 17.2. The van der Waals surface area contributed by atoms with E-state index in [1.807, 2.05) is 53.2 Å². The molecule has 6 rings (SSSR count). The largest absolute Gasteiger partial charge is 0.361 e. The summed E-state index contributed by atoms with van der Waals surface area (Å²) in [5.41, 5.74) is 5.65. The van der Waals surface area contributed by atoms with Crippen molar-refractivity contribution < 1.29 is 4.39 Å². The second-order valence-electron chi connectivity index (χ2n) is 7.82. The maximum atomic E-state index is 15.2. The zero-order chi connectivity index (χ0) is 22.5. The Kier molecular flexibility index (Phi) is 4.39. The molecule has 0 fully saturated rings. The number of rotatable bonds is 3. The van der Waals surface area contributed by atoms with Crippen LogP contribution in [0.25, 0.3) is 49.7 Å². The molecule has 0 aliphatic rings. The number of imidazole rings is 1. The van der Waals surface area contributed by atoms with Crippen molar-refractivity contribution in [3.63, 3.8) is 0 Å². The van der Waals surface area contributed by atoms with Gasteiger partial charge in [-0.2, -0.15) is 5.26 Å². The van der Waals surface area contributed by atoms with Gasteiger partial charge in [-0.3, -0.25) is 9.55 Å². The first-order chi connectivity index (χ1) is 16.1. The Morgan fingerprint density at radius 1 is 1.06 bits per heavy atom. The number of H-pyrrole nitrogens is 1. The fourth-order valence-electron chi connectivity index (χ4n) is 4.38. The summed E-state index contributed by atoms with van der Waals surface area (Å²) in [5, 5.41) is 11.6. The number of hydrogen-bond acceptors (Lipinski definition) is 3. The number of halogens is 2. The number of pyridine rings is 1. The first kappa shape index (κ1) is 19.5. The minimum Gasteiger partial charge on any atom is -0.361 e. The number of fused-ring (bicyclic) bond motifs is 4. The van der Waals surface area contributed by atoms with E-state index < -0.39 is 0 Å². The molecule has 0 unspecified atom stereocenters. The van der Waals surface area contributed by atoms with Gasteiger partial charge in [-0.1, -0.05) is 29.8 Å². The monoisotopic (exact) mass is 451 g/mol. The molecule has 0 aliphatic carbocycles. The number of aromatic nitrogens is 4. The molecule has 0 bridgehead atoms. The lowest BCUT2D eigenvalue weighted by molar-refractivity contribution is 0.633. The number of benzene rings is 3. The van der Waals surface area contributed by atoms with Gasteiger partial charge in [-0.15, -0.1) is 0 Å². The number of nitriles is 1. The SMILES string of the molecule is N#CCc1cccc(Cl)c1-n1cnc2cnc3cc(F)c(-c4ccc5[nH]ccc5c4)cc3c21. The van der Waals surface area contributed by atoms with Crippen molar-refractivity contribution in [3.05, 3.63) is 89.7 Å². The van der Waals surface area contributed by atoms with Gasteiger partial charge in [-0.25, -0.2) is 9.37 Å². The smallest absolute Gasteiger partial charge is 0.133 e. The highest BCUT2D eigenvalue weighted by atomic mass is 35.5. The molecule has 0 saturated heterocycles. The van der Waals surface area contributed by atoms with Crippen LogP contribution in [0.2, 0.25) is 5.02 Å². The molecule has 7 heteroatoms. The van der Waals surface area contributed by atoms with Gasteiger partial charge >= 0.3 is 0 Å². The van der Waals surface area contributed by atoms with Crippen molar-refractivity contribution in [1.82, 2.24) is 19.5 Å². The first-order valence-corrected chi connectivity index (χ1v) is 10.7. The van der Waals surface area contributed by atoms with Gasteiger partial charge in [0.05, 0.1) is 40.4 Å². The molecule has 3 aromatic heterocycles. The van der Waals surface area contributed by atoms with E-state index in [0.29, 0.717) is 27.3 Å². The summed E-state index contributed by atoms with van der Waals surface area (Å²) in [6.07, 6.45) is 5.36. The first-order valence-electron chi connectivity index (χ1n) is 10.3. The van der Waals surface area contributed by atoms with Gasteiger partial charge in [0.2, 0.25) is 0 Å². The second-order valence-corrected chi connectivity index (χ2v) is 8.23. The van der Waals surface area contributed by atoms with Crippen molar-refractivity contribution in [2.24, 2.45) is 0 Å². The van der Waals surface area contributed by atoms with E-state index in [9.17, 15) is 5.26 Å². The predicted octanol–water partition coefficient (Wildman–Crippen LogP) is 6.58. The van der Waals surface area contributed by atoms with Gasteiger partial charge in [0, 0.05) is 28.7 Å².